The Kier molecular flexibility index (Phi) is 5.00. The SMILES string of the molecule is CCOC(=O)c1cnc2ccccc2c1N1CCC(C)C(OC)C1. The zero-order valence-corrected chi connectivity index (χ0v) is 14.5. The lowest BCUT2D eigenvalue weighted by Gasteiger charge is -2.38. The zero-order valence-electron chi connectivity index (χ0n) is 14.5. The van der Waals surface area contributed by atoms with Crippen molar-refractivity contribution in [2.24, 2.45) is 5.92 Å². The van der Waals surface area contributed by atoms with Gasteiger partial charge in [-0.15, -0.1) is 0 Å². The van der Waals surface area contributed by atoms with E-state index in [2.05, 4.69) is 16.8 Å². The number of rotatable bonds is 4. The van der Waals surface area contributed by atoms with Crippen molar-refractivity contribution in [3.8, 4) is 0 Å². The van der Waals surface area contributed by atoms with Crippen LogP contribution in [-0.4, -0.2) is 43.9 Å². The number of carbonyl (C=O) groups is 1. The standard InChI is InChI=1S/C19H24N2O3/c1-4-24-19(22)15-11-20-16-8-6-5-7-14(16)18(15)21-10-9-13(2)17(12-21)23-3/h5-8,11,13,17H,4,9-10,12H2,1-3H3. The lowest BCUT2D eigenvalue weighted by Crippen LogP contribution is -2.44. The van der Waals surface area contributed by atoms with Gasteiger partial charge in [0.15, 0.2) is 0 Å². The molecule has 0 N–H and O–H groups in total. The largest absolute Gasteiger partial charge is 0.462 e. The molecule has 1 aromatic heterocycles. The number of fused-ring (bicyclic) bond motifs is 1. The Balaban J connectivity index is 2.09. The average molecular weight is 328 g/mol. The molecule has 5 nitrogen and oxygen atoms in total. The number of nitrogens with zero attached hydrogens (tertiary/aromatic N) is 2. The summed E-state index contributed by atoms with van der Waals surface area (Å²) >= 11 is 0. The zero-order chi connectivity index (χ0) is 17.1. The third-order valence-electron chi connectivity index (χ3n) is 4.75. The summed E-state index contributed by atoms with van der Waals surface area (Å²) in [7, 11) is 1.75. The van der Waals surface area contributed by atoms with Crippen molar-refractivity contribution >= 4 is 22.6 Å². The number of aromatic nitrogens is 1. The minimum Gasteiger partial charge on any atom is -0.462 e. The van der Waals surface area contributed by atoms with Gasteiger partial charge >= 0.3 is 5.97 Å². The van der Waals surface area contributed by atoms with Gasteiger partial charge in [0.2, 0.25) is 0 Å². The fourth-order valence-corrected chi connectivity index (χ4v) is 3.37. The van der Waals surface area contributed by atoms with E-state index >= 15 is 0 Å². The van der Waals surface area contributed by atoms with Crippen LogP contribution in [0, 0.1) is 5.92 Å². The lowest BCUT2D eigenvalue weighted by atomic mass is 9.94. The van der Waals surface area contributed by atoms with Crippen molar-refractivity contribution in [1.29, 1.82) is 0 Å². The Morgan fingerprint density at radius 3 is 2.92 bits per heavy atom. The number of ether oxygens (including phenoxy) is 2. The molecule has 0 spiro atoms. The molecule has 2 heterocycles. The van der Waals surface area contributed by atoms with Crippen molar-refractivity contribution in [2.75, 3.05) is 31.7 Å². The van der Waals surface area contributed by atoms with Gasteiger partial charge in [0.1, 0.15) is 5.56 Å². The first-order chi connectivity index (χ1) is 11.7. The van der Waals surface area contributed by atoms with Crippen LogP contribution < -0.4 is 4.90 Å². The topological polar surface area (TPSA) is 51.7 Å². The van der Waals surface area contributed by atoms with Crippen molar-refractivity contribution in [3.05, 3.63) is 36.0 Å². The van der Waals surface area contributed by atoms with Crippen LogP contribution in [0.4, 0.5) is 5.69 Å². The highest BCUT2D eigenvalue weighted by atomic mass is 16.5. The van der Waals surface area contributed by atoms with Crippen molar-refractivity contribution in [3.63, 3.8) is 0 Å². The molecule has 2 aromatic rings. The number of carbonyl (C=O) groups excluding carboxylic acids is 1. The van der Waals surface area contributed by atoms with Gasteiger partial charge in [0.25, 0.3) is 0 Å². The van der Waals surface area contributed by atoms with Gasteiger partial charge in [-0.3, -0.25) is 4.98 Å². The molecule has 1 aliphatic heterocycles. The molecule has 24 heavy (non-hydrogen) atoms. The quantitative estimate of drug-likeness (QED) is 0.806. The lowest BCUT2D eigenvalue weighted by molar-refractivity contribution is 0.0487. The smallest absolute Gasteiger partial charge is 0.341 e. The number of para-hydroxylation sites is 1. The predicted molar refractivity (Wildman–Crippen MR) is 94.5 cm³/mol. The molecule has 128 valence electrons. The second kappa shape index (κ2) is 7.18. The fraction of sp³-hybridized carbons (Fsp3) is 0.474. The summed E-state index contributed by atoms with van der Waals surface area (Å²) in [6, 6.07) is 7.91. The number of methoxy groups -OCH3 is 1. The Morgan fingerprint density at radius 1 is 1.38 bits per heavy atom. The van der Waals surface area contributed by atoms with Crippen molar-refractivity contribution < 1.29 is 14.3 Å². The van der Waals surface area contributed by atoms with Gasteiger partial charge in [0.05, 0.1) is 23.9 Å². The van der Waals surface area contributed by atoms with E-state index in [1.54, 1.807) is 13.3 Å². The summed E-state index contributed by atoms with van der Waals surface area (Å²) in [5.41, 5.74) is 2.32. The molecule has 0 saturated carbocycles. The monoisotopic (exact) mass is 328 g/mol. The Hall–Kier alpha value is -2.14. The molecule has 1 aliphatic rings. The maximum atomic E-state index is 12.4. The second-order valence-corrected chi connectivity index (χ2v) is 6.24. The van der Waals surface area contributed by atoms with E-state index in [1.807, 2.05) is 31.2 Å². The summed E-state index contributed by atoms with van der Waals surface area (Å²) in [6.45, 7) is 6.03. The molecular weight excluding hydrogens is 304 g/mol. The normalized spacial score (nSPS) is 21.0. The minimum absolute atomic E-state index is 0.153. The molecule has 3 rings (SSSR count). The first-order valence-electron chi connectivity index (χ1n) is 8.48. The highest BCUT2D eigenvalue weighted by molar-refractivity contribution is 6.05. The molecule has 2 unspecified atom stereocenters. The first-order valence-corrected chi connectivity index (χ1v) is 8.48. The van der Waals surface area contributed by atoms with E-state index in [0.29, 0.717) is 18.1 Å². The Labute approximate surface area is 142 Å². The summed E-state index contributed by atoms with van der Waals surface area (Å²) in [5, 5.41) is 0.979. The van der Waals surface area contributed by atoms with Crippen LogP contribution >= 0.6 is 0 Å². The summed E-state index contributed by atoms with van der Waals surface area (Å²) < 4.78 is 10.9. The highest BCUT2D eigenvalue weighted by Gasteiger charge is 2.30. The summed E-state index contributed by atoms with van der Waals surface area (Å²) in [5.74, 6) is 0.184. The second-order valence-electron chi connectivity index (χ2n) is 6.24. The van der Waals surface area contributed by atoms with Crippen LogP contribution in [0.3, 0.4) is 0 Å². The van der Waals surface area contributed by atoms with Crippen LogP contribution in [0.15, 0.2) is 30.5 Å². The number of hydrogen-bond donors (Lipinski definition) is 0. The van der Waals surface area contributed by atoms with Crippen molar-refractivity contribution in [2.45, 2.75) is 26.4 Å². The third kappa shape index (κ3) is 3.08. The van der Waals surface area contributed by atoms with Crippen LogP contribution in [0.2, 0.25) is 0 Å². The molecule has 0 aliphatic carbocycles. The van der Waals surface area contributed by atoms with E-state index in [-0.39, 0.29) is 12.1 Å². The number of pyridine rings is 1. The number of anilines is 1. The van der Waals surface area contributed by atoms with Gasteiger partial charge in [-0.25, -0.2) is 4.79 Å². The Morgan fingerprint density at radius 2 is 2.17 bits per heavy atom. The number of hydrogen-bond acceptors (Lipinski definition) is 5. The molecule has 0 bridgehead atoms. The molecule has 2 atom stereocenters. The van der Waals surface area contributed by atoms with E-state index < -0.39 is 0 Å². The van der Waals surface area contributed by atoms with Crippen molar-refractivity contribution in [1.82, 2.24) is 4.98 Å². The third-order valence-corrected chi connectivity index (χ3v) is 4.75. The van der Waals surface area contributed by atoms with Gasteiger partial charge in [-0.2, -0.15) is 0 Å². The molecule has 0 radical (unpaired) electrons. The van der Waals surface area contributed by atoms with Crippen LogP contribution in [-0.2, 0) is 9.47 Å². The Bertz CT molecular complexity index is 732. The summed E-state index contributed by atoms with van der Waals surface area (Å²) in [4.78, 5) is 19.1. The van der Waals surface area contributed by atoms with Crippen LogP contribution in [0.25, 0.3) is 10.9 Å². The molecule has 1 fully saturated rings. The first kappa shape index (κ1) is 16.7. The minimum atomic E-state index is -0.321. The highest BCUT2D eigenvalue weighted by Crippen LogP contribution is 2.33. The van der Waals surface area contributed by atoms with Crippen LogP contribution in [0.5, 0.6) is 0 Å². The number of piperidine rings is 1. The molecule has 1 saturated heterocycles. The van der Waals surface area contributed by atoms with E-state index in [0.717, 1.165) is 36.1 Å². The van der Waals surface area contributed by atoms with Gasteiger partial charge in [-0.05, 0) is 25.3 Å². The summed E-state index contributed by atoms with van der Waals surface area (Å²) in [6.07, 6.45) is 2.81. The molecule has 5 heteroatoms. The number of benzene rings is 1. The maximum absolute atomic E-state index is 12.4. The molecule has 1 aromatic carbocycles. The predicted octanol–water partition coefficient (Wildman–Crippen LogP) is 3.27. The van der Waals surface area contributed by atoms with Crippen LogP contribution in [0.1, 0.15) is 30.6 Å². The number of esters is 1. The van der Waals surface area contributed by atoms with E-state index in [1.165, 1.54) is 0 Å². The van der Waals surface area contributed by atoms with Gasteiger partial charge < -0.3 is 14.4 Å². The fourth-order valence-electron chi connectivity index (χ4n) is 3.37. The van der Waals surface area contributed by atoms with E-state index in [9.17, 15) is 4.79 Å². The van der Waals surface area contributed by atoms with Gasteiger partial charge in [-0.1, -0.05) is 25.1 Å². The molecular formula is C19H24N2O3. The van der Waals surface area contributed by atoms with Gasteiger partial charge in [0, 0.05) is 31.8 Å². The maximum Gasteiger partial charge on any atom is 0.341 e. The van der Waals surface area contributed by atoms with E-state index in [4.69, 9.17) is 9.47 Å². The average Bonchev–Trinajstić information content (AvgIpc) is 2.61. The molecule has 0 amide bonds.